The Bertz CT molecular complexity index is 649. The van der Waals surface area contributed by atoms with Gasteiger partial charge in [0.25, 0.3) is 0 Å². The lowest BCUT2D eigenvalue weighted by Crippen LogP contribution is -2.14. The van der Waals surface area contributed by atoms with Gasteiger partial charge in [-0.15, -0.1) is 11.3 Å². The van der Waals surface area contributed by atoms with Crippen molar-refractivity contribution in [1.82, 2.24) is 4.98 Å². The molecule has 2 rings (SSSR count). The van der Waals surface area contributed by atoms with Gasteiger partial charge in [-0.05, 0) is 32.8 Å². The van der Waals surface area contributed by atoms with Crippen LogP contribution in [0.3, 0.4) is 0 Å². The van der Waals surface area contributed by atoms with Gasteiger partial charge in [0, 0.05) is 5.56 Å². The number of nitrogens with zero attached hydrogens (tertiary/aromatic N) is 1. The standard InChI is InChI=1S/C18H23NO3S/c1-5-14-7-9-15(10-8-14)18-19-12(3)17(23-18)13(4)22-11-16(20)21-6-2/h7-10,13H,5-6,11H2,1-4H3. The monoisotopic (exact) mass is 333 g/mol. The van der Waals surface area contributed by atoms with Crippen molar-refractivity contribution in [3.05, 3.63) is 40.4 Å². The lowest BCUT2D eigenvalue weighted by Gasteiger charge is -2.11. The zero-order valence-corrected chi connectivity index (χ0v) is 14.9. The Morgan fingerprint density at radius 3 is 2.57 bits per heavy atom. The molecule has 0 aliphatic heterocycles. The van der Waals surface area contributed by atoms with Gasteiger partial charge in [0.2, 0.25) is 0 Å². The van der Waals surface area contributed by atoms with Crippen LogP contribution in [0.25, 0.3) is 10.6 Å². The Kier molecular flexibility index (Phi) is 6.30. The highest BCUT2D eigenvalue weighted by molar-refractivity contribution is 7.15. The first-order chi connectivity index (χ1) is 11.0. The van der Waals surface area contributed by atoms with E-state index < -0.39 is 0 Å². The number of rotatable bonds is 7. The molecule has 4 nitrogen and oxygen atoms in total. The number of ether oxygens (including phenoxy) is 2. The minimum Gasteiger partial charge on any atom is -0.464 e. The number of aromatic nitrogens is 1. The smallest absolute Gasteiger partial charge is 0.332 e. The Labute approximate surface area is 141 Å². The second-order valence-electron chi connectivity index (χ2n) is 5.28. The first kappa shape index (κ1) is 17.6. The summed E-state index contributed by atoms with van der Waals surface area (Å²) >= 11 is 1.61. The molecule has 124 valence electrons. The molecule has 0 bridgehead atoms. The van der Waals surface area contributed by atoms with Crippen molar-refractivity contribution < 1.29 is 14.3 Å². The van der Waals surface area contributed by atoms with Crippen LogP contribution in [0.2, 0.25) is 0 Å². The van der Waals surface area contributed by atoms with Gasteiger partial charge in [-0.1, -0.05) is 31.2 Å². The quantitative estimate of drug-likeness (QED) is 0.708. The molecular weight excluding hydrogens is 310 g/mol. The summed E-state index contributed by atoms with van der Waals surface area (Å²) in [4.78, 5) is 17.1. The Morgan fingerprint density at radius 1 is 1.26 bits per heavy atom. The molecule has 1 aromatic carbocycles. The number of aryl methyl sites for hydroxylation is 2. The average molecular weight is 333 g/mol. The fourth-order valence-corrected chi connectivity index (χ4v) is 3.34. The molecule has 1 aromatic heterocycles. The van der Waals surface area contributed by atoms with Gasteiger partial charge in [0.15, 0.2) is 0 Å². The van der Waals surface area contributed by atoms with Gasteiger partial charge < -0.3 is 9.47 Å². The van der Waals surface area contributed by atoms with Gasteiger partial charge in [-0.2, -0.15) is 0 Å². The van der Waals surface area contributed by atoms with Crippen LogP contribution in [0.1, 0.15) is 43.0 Å². The predicted octanol–water partition coefficient (Wildman–Crippen LogP) is 4.32. The van der Waals surface area contributed by atoms with Gasteiger partial charge >= 0.3 is 5.97 Å². The zero-order valence-electron chi connectivity index (χ0n) is 14.1. The van der Waals surface area contributed by atoms with Crippen LogP contribution >= 0.6 is 11.3 Å². The summed E-state index contributed by atoms with van der Waals surface area (Å²) < 4.78 is 10.5. The third-order valence-electron chi connectivity index (χ3n) is 3.57. The minimum atomic E-state index is -0.336. The topological polar surface area (TPSA) is 48.4 Å². The molecular formula is C18H23NO3S. The van der Waals surface area contributed by atoms with Crippen molar-refractivity contribution in [2.24, 2.45) is 0 Å². The molecule has 1 unspecified atom stereocenters. The molecule has 0 saturated heterocycles. The molecule has 1 atom stereocenters. The van der Waals surface area contributed by atoms with Crippen LogP contribution in [0.4, 0.5) is 0 Å². The molecule has 0 amide bonds. The van der Waals surface area contributed by atoms with Crippen molar-refractivity contribution in [2.45, 2.75) is 40.2 Å². The number of thiazole rings is 1. The first-order valence-electron chi connectivity index (χ1n) is 7.89. The number of carbonyl (C=O) groups excluding carboxylic acids is 1. The van der Waals surface area contributed by atoms with E-state index in [1.165, 1.54) is 5.56 Å². The van der Waals surface area contributed by atoms with E-state index in [9.17, 15) is 4.79 Å². The zero-order chi connectivity index (χ0) is 16.8. The number of hydrogen-bond acceptors (Lipinski definition) is 5. The SMILES string of the molecule is CCOC(=O)COC(C)c1sc(-c2ccc(CC)cc2)nc1C. The highest BCUT2D eigenvalue weighted by atomic mass is 32.1. The maximum atomic E-state index is 11.4. The van der Waals surface area contributed by atoms with Gasteiger partial charge in [-0.3, -0.25) is 0 Å². The van der Waals surface area contributed by atoms with E-state index in [0.29, 0.717) is 6.61 Å². The summed E-state index contributed by atoms with van der Waals surface area (Å²) in [5, 5.41) is 0.978. The fourth-order valence-electron chi connectivity index (χ4n) is 2.26. The van der Waals surface area contributed by atoms with Gasteiger partial charge in [0.05, 0.1) is 23.3 Å². The molecule has 0 spiro atoms. The van der Waals surface area contributed by atoms with Crippen LogP contribution in [-0.2, 0) is 20.7 Å². The largest absolute Gasteiger partial charge is 0.464 e. The lowest BCUT2D eigenvalue weighted by atomic mass is 10.1. The van der Waals surface area contributed by atoms with Gasteiger partial charge in [0.1, 0.15) is 11.6 Å². The van der Waals surface area contributed by atoms with Crippen molar-refractivity contribution in [3.63, 3.8) is 0 Å². The van der Waals surface area contributed by atoms with E-state index >= 15 is 0 Å². The third kappa shape index (κ3) is 4.62. The van der Waals surface area contributed by atoms with Crippen LogP contribution < -0.4 is 0 Å². The molecule has 0 fully saturated rings. The highest BCUT2D eigenvalue weighted by Gasteiger charge is 2.17. The molecule has 0 aliphatic rings. The Morgan fingerprint density at radius 2 is 1.96 bits per heavy atom. The first-order valence-corrected chi connectivity index (χ1v) is 8.70. The molecule has 0 saturated carbocycles. The maximum absolute atomic E-state index is 11.4. The van der Waals surface area contributed by atoms with E-state index in [4.69, 9.17) is 9.47 Å². The van der Waals surface area contributed by atoms with E-state index in [1.54, 1.807) is 18.3 Å². The summed E-state index contributed by atoms with van der Waals surface area (Å²) in [5.41, 5.74) is 3.37. The average Bonchev–Trinajstić information content (AvgIpc) is 2.95. The lowest BCUT2D eigenvalue weighted by molar-refractivity contribution is -0.150. The fraction of sp³-hybridized carbons (Fsp3) is 0.444. The van der Waals surface area contributed by atoms with Crippen molar-refractivity contribution in [1.29, 1.82) is 0 Å². The van der Waals surface area contributed by atoms with E-state index in [0.717, 1.165) is 27.6 Å². The van der Waals surface area contributed by atoms with Crippen molar-refractivity contribution in [2.75, 3.05) is 13.2 Å². The summed E-state index contributed by atoms with van der Waals surface area (Å²) in [6, 6.07) is 8.47. The van der Waals surface area contributed by atoms with E-state index in [-0.39, 0.29) is 18.7 Å². The second-order valence-corrected chi connectivity index (χ2v) is 6.31. The number of esters is 1. The maximum Gasteiger partial charge on any atom is 0.332 e. The third-order valence-corrected chi connectivity index (χ3v) is 4.93. The summed E-state index contributed by atoms with van der Waals surface area (Å²) in [6.07, 6.45) is 0.849. The van der Waals surface area contributed by atoms with Crippen LogP contribution in [-0.4, -0.2) is 24.2 Å². The molecule has 0 radical (unpaired) electrons. The second kappa shape index (κ2) is 8.22. The highest BCUT2D eigenvalue weighted by Crippen LogP contribution is 2.33. The Hall–Kier alpha value is -1.72. The molecule has 5 heteroatoms. The van der Waals surface area contributed by atoms with Crippen LogP contribution in [0, 0.1) is 6.92 Å². The summed E-state index contributed by atoms with van der Waals surface area (Å²) in [5.74, 6) is -0.336. The van der Waals surface area contributed by atoms with Gasteiger partial charge in [-0.25, -0.2) is 9.78 Å². The predicted molar refractivity (Wildman–Crippen MR) is 92.7 cm³/mol. The van der Waals surface area contributed by atoms with E-state index in [2.05, 4.69) is 36.2 Å². The normalized spacial score (nSPS) is 12.2. The molecule has 23 heavy (non-hydrogen) atoms. The Balaban J connectivity index is 2.08. The number of hydrogen-bond donors (Lipinski definition) is 0. The number of benzene rings is 1. The van der Waals surface area contributed by atoms with E-state index in [1.807, 2.05) is 13.8 Å². The van der Waals surface area contributed by atoms with Crippen LogP contribution in [0.5, 0.6) is 0 Å². The van der Waals surface area contributed by atoms with Crippen LogP contribution in [0.15, 0.2) is 24.3 Å². The summed E-state index contributed by atoms with van der Waals surface area (Å²) in [7, 11) is 0. The van der Waals surface area contributed by atoms with Crippen molar-refractivity contribution >= 4 is 17.3 Å². The molecule has 2 aromatic rings. The molecule has 0 aliphatic carbocycles. The van der Waals surface area contributed by atoms with Crippen molar-refractivity contribution in [3.8, 4) is 10.6 Å². The molecule has 0 N–H and O–H groups in total. The number of carbonyl (C=O) groups is 1. The minimum absolute atomic E-state index is 0.0348. The molecule has 1 heterocycles. The summed E-state index contributed by atoms with van der Waals surface area (Å²) in [6.45, 7) is 8.17.